The van der Waals surface area contributed by atoms with E-state index in [2.05, 4.69) is 10.6 Å². The minimum Gasteiger partial charge on any atom is -0.397 e. The average Bonchev–Trinajstić information content (AvgIpc) is 2.43. The van der Waals surface area contributed by atoms with Gasteiger partial charge in [-0.1, -0.05) is 6.07 Å². The number of rotatable bonds is 6. The fourth-order valence-electron chi connectivity index (χ4n) is 1.46. The van der Waals surface area contributed by atoms with Gasteiger partial charge in [0.15, 0.2) is 0 Å². The Morgan fingerprint density at radius 3 is 2.95 bits per heavy atom. The van der Waals surface area contributed by atoms with E-state index in [0.717, 1.165) is 5.56 Å². The van der Waals surface area contributed by atoms with E-state index in [0.29, 0.717) is 24.5 Å². The van der Waals surface area contributed by atoms with Gasteiger partial charge in [-0.25, -0.2) is 0 Å². The van der Waals surface area contributed by atoms with Crippen molar-refractivity contribution < 1.29 is 9.53 Å². The average molecular weight is 274 g/mol. The van der Waals surface area contributed by atoms with Crippen LogP contribution in [0.4, 0.5) is 11.4 Å². The van der Waals surface area contributed by atoms with Gasteiger partial charge >= 0.3 is 0 Å². The monoisotopic (exact) mass is 274 g/mol. The molecule has 0 unspecified atom stereocenters. The van der Waals surface area contributed by atoms with E-state index in [1.807, 2.05) is 25.1 Å². The van der Waals surface area contributed by atoms with Crippen molar-refractivity contribution in [3.63, 3.8) is 0 Å². The number of ether oxygens (including phenoxy) is 1. The standard InChI is InChI=1S/C14H18N4O2/c1-10-3-4-12(16)13(7-10)18-9-11(8-15)14(19)17-5-6-20-2/h3-4,7,9,18H,5-6,16H2,1-2H3,(H,17,19)/b11-9-. The van der Waals surface area contributed by atoms with Gasteiger partial charge in [-0.15, -0.1) is 0 Å². The number of aryl methyl sites for hydroxylation is 1. The number of nitriles is 1. The van der Waals surface area contributed by atoms with Gasteiger partial charge in [0.2, 0.25) is 0 Å². The molecule has 1 rings (SSSR count). The molecule has 6 nitrogen and oxygen atoms in total. The Balaban J connectivity index is 2.73. The third-order valence-corrected chi connectivity index (χ3v) is 2.54. The largest absolute Gasteiger partial charge is 0.397 e. The lowest BCUT2D eigenvalue weighted by Crippen LogP contribution is -2.28. The number of carbonyl (C=O) groups excluding carboxylic acids is 1. The molecule has 0 atom stereocenters. The van der Waals surface area contributed by atoms with Crippen molar-refractivity contribution >= 4 is 17.3 Å². The fourth-order valence-corrected chi connectivity index (χ4v) is 1.46. The molecule has 0 aliphatic carbocycles. The molecule has 1 aromatic rings. The quantitative estimate of drug-likeness (QED) is 0.313. The van der Waals surface area contributed by atoms with Crippen LogP contribution in [0.15, 0.2) is 30.0 Å². The number of nitrogen functional groups attached to an aromatic ring is 1. The molecule has 0 aromatic heterocycles. The number of nitrogens with two attached hydrogens (primary N) is 1. The molecule has 0 heterocycles. The van der Waals surface area contributed by atoms with E-state index in [4.69, 9.17) is 15.7 Å². The van der Waals surface area contributed by atoms with Crippen LogP contribution in [0.2, 0.25) is 0 Å². The number of methoxy groups -OCH3 is 1. The van der Waals surface area contributed by atoms with E-state index < -0.39 is 5.91 Å². The zero-order valence-electron chi connectivity index (χ0n) is 11.6. The third-order valence-electron chi connectivity index (χ3n) is 2.54. The highest BCUT2D eigenvalue weighted by Gasteiger charge is 2.08. The van der Waals surface area contributed by atoms with Crippen molar-refractivity contribution in [1.29, 1.82) is 5.26 Å². The van der Waals surface area contributed by atoms with Gasteiger partial charge in [0.05, 0.1) is 18.0 Å². The summed E-state index contributed by atoms with van der Waals surface area (Å²) in [4.78, 5) is 11.7. The van der Waals surface area contributed by atoms with Crippen molar-refractivity contribution in [3.8, 4) is 6.07 Å². The second-order valence-electron chi connectivity index (χ2n) is 4.15. The van der Waals surface area contributed by atoms with Crippen molar-refractivity contribution in [2.45, 2.75) is 6.92 Å². The van der Waals surface area contributed by atoms with E-state index >= 15 is 0 Å². The second-order valence-corrected chi connectivity index (χ2v) is 4.15. The van der Waals surface area contributed by atoms with Crippen LogP contribution in [-0.4, -0.2) is 26.2 Å². The summed E-state index contributed by atoms with van der Waals surface area (Å²) < 4.78 is 4.81. The molecule has 1 aromatic carbocycles. The summed E-state index contributed by atoms with van der Waals surface area (Å²) in [6.07, 6.45) is 1.34. The van der Waals surface area contributed by atoms with Crippen LogP contribution in [0.3, 0.4) is 0 Å². The van der Waals surface area contributed by atoms with Crippen molar-refractivity contribution in [1.82, 2.24) is 5.32 Å². The SMILES string of the molecule is COCCNC(=O)/C(C#N)=C\Nc1cc(C)ccc1N. The first-order chi connectivity index (χ1) is 9.58. The summed E-state index contributed by atoms with van der Waals surface area (Å²) in [5.74, 6) is -0.455. The highest BCUT2D eigenvalue weighted by Crippen LogP contribution is 2.19. The Morgan fingerprint density at radius 1 is 1.55 bits per heavy atom. The molecule has 0 spiro atoms. The first-order valence-electron chi connectivity index (χ1n) is 6.08. The minimum absolute atomic E-state index is 0.0259. The highest BCUT2D eigenvalue weighted by atomic mass is 16.5. The fraction of sp³-hybridized carbons (Fsp3) is 0.286. The molecular weight excluding hydrogens is 256 g/mol. The first-order valence-corrected chi connectivity index (χ1v) is 6.08. The Hall–Kier alpha value is -2.52. The lowest BCUT2D eigenvalue weighted by Gasteiger charge is -2.07. The Labute approximate surface area is 118 Å². The van der Waals surface area contributed by atoms with E-state index in [1.54, 1.807) is 6.07 Å². The van der Waals surface area contributed by atoms with Crippen LogP contribution in [0.5, 0.6) is 0 Å². The Bertz CT molecular complexity index is 547. The van der Waals surface area contributed by atoms with Gasteiger partial charge in [0.25, 0.3) is 5.91 Å². The van der Waals surface area contributed by atoms with Gasteiger partial charge in [-0.2, -0.15) is 5.26 Å². The molecular formula is C14H18N4O2. The molecule has 1 amide bonds. The predicted octanol–water partition coefficient (Wildman–Crippen LogP) is 1.16. The molecule has 4 N–H and O–H groups in total. The Morgan fingerprint density at radius 2 is 2.30 bits per heavy atom. The van der Waals surface area contributed by atoms with E-state index in [-0.39, 0.29) is 5.57 Å². The Kier molecular flexibility index (Phi) is 6.07. The summed E-state index contributed by atoms with van der Waals surface area (Å²) >= 11 is 0. The van der Waals surface area contributed by atoms with Crippen molar-refractivity contribution in [3.05, 3.63) is 35.5 Å². The maximum atomic E-state index is 11.7. The molecule has 0 saturated carbocycles. The number of amides is 1. The zero-order valence-corrected chi connectivity index (χ0v) is 11.6. The summed E-state index contributed by atoms with van der Waals surface area (Å²) in [7, 11) is 1.54. The maximum Gasteiger partial charge on any atom is 0.263 e. The normalized spacial score (nSPS) is 10.8. The van der Waals surface area contributed by atoms with Crippen LogP contribution in [0, 0.1) is 18.3 Å². The first kappa shape index (κ1) is 15.5. The van der Waals surface area contributed by atoms with Crippen LogP contribution in [-0.2, 0) is 9.53 Å². The molecule has 106 valence electrons. The number of carbonyl (C=O) groups is 1. The van der Waals surface area contributed by atoms with Gasteiger partial charge in [-0.3, -0.25) is 4.79 Å². The summed E-state index contributed by atoms with van der Waals surface area (Å²) in [6, 6.07) is 7.32. The van der Waals surface area contributed by atoms with Crippen LogP contribution in [0.25, 0.3) is 0 Å². The zero-order chi connectivity index (χ0) is 15.0. The lowest BCUT2D eigenvalue weighted by atomic mass is 10.2. The molecule has 20 heavy (non-hydrogen) atoms. The maximum absolute atomic E-state index is 11.7. The molecule has 0 bridgehead atoms. The van der Waals surface area contributed by atoms with Gasteiger partial charge < -0.3 is 21.1 Å². The van der Waals surface area contributed by atoms with Gasteiger partial charge in [-0.05, 0) is 24.6 Å². The molecule has 0 aliphatic heterocycles. The van der Waals surface area contributed by atoms with E-state index in [9.17, 15) is 4.79 Å². The number of benzene rings is 1. The van der Waals surface area contributed by atoms with E-state index in [1.165, 1.54) is 13.3 Å². The molecule has 0 radical (unpaired) electrons. The smallest absolute Gasteiger partial charge is 0.263 e. The molecule has 6 heteroatoms. The minimum atomic E-state index is -0.455. The van der Waals surface area contributed by atoms with Gasteiger partial charge in [0.1, 0.15) is 11.6 Å². The highest BCUT2D eigenvalue weighted by molar-refractivity contribution is 5.97. The second kappa shape index (κ2) is 7.81. The summed E-state index contributed by atoms with van der Waals surface area (Å²) in [6.45, 7) is 2.67. The van der Waals surface area contributed by atoms with Crippen LogP contribution >= 0.6 is 0 Å². The van der Waals surface area contributed by atoms with Crippen molar-refractivity contribution in [2.75, 3.05) is 31.3 Å². The molecule has 0 saturated heterocycles. The number of nitrogens with zero attached hydrogens (tertiary/aromatic N) is 1. The van der Waals surface area contributed by atoms with Crippen LogP contribution in [0.1, 0.15) is 5.56 Å². The molecule has 0 aliphatic rings. The number of hydrogen-bond acceptors (Lipinski definition) is 5. The number of hydrogen-bond donors (Lipinski definition) is 3. The van der Waals surface area contributed by atoms with Crippen molar-refractivity contribution in [2.24, 2.45) is 0 Å². The number of anilines is 2. The molecule has 0 fully saturated rings. The summed E-state index contributed by atoms with van der Waals surface area (Å²) in [5.41, 5.74) is 8.00. The van der Waals surface area contributed by atoms with Crippen LogP contribution < -0.4 is 16.4 Å². The lowest BCUT2D eigenvalue weighted by molar-refractivity contribution is -0.117. The summed E-state index contributed by atoms with van der Waals surface area (Å²) in [5, 5.41) is 14.4. The van der Waals surface area contributed by atoms with Gasteiger partial charge in [0, 0.05) is 19.9 Å². The predicted molar refractivity (Wildman–Crippen MR) is 77.8 cm³/mol. The number of nitrogens with one attached hydrogen (secondary N) is 2. The third kappa shape index (κ3) is 4.63. The topological polar surface area (TPSA) is 100 Å².